The van der Waals surface area contributed by atoms with Crippen molar-refractivity contribution in [2.24, 2.45) is 4.99 Å². The summed E-state index contributed by atoms with van der Waals surface area (Å²) >= 11 is 2.09. The Balaban J connectivity index is 0.00000225. The van der Waals surface area contributed by atoms with Gasteiger partial charge >= 0.3 is 0 Å². The molecular weight excluding hydrogens is 443 g/mol. The van der Waals surface area contributed by atoms with Crippen molar-refractivity contribution in [1.29, 1.82) is 0 Å². The van der Waals surface area contributed by atoms with Gasteiger partial charge < -0.3 is 15.1 Å². The van der Waals surface area contributed by atoms with E-state index in [0.29, 0.717) is 0 Å². The van der Waals surface area contributed by atoms with Crippen LogP contribution < -0.4 is 10.2 Å². The number of nitrogens with one attached hydrogen (secondary N) is 1. The Bertz CT molecular complexity index is 580. The number of halogens is 1. The molecule has 0 bridgehead atoms. The Morgan fingerprint density at radius 2 is 1.96 bits per heavy atom. The molecule has 1 aromatic rings. The van der Waals surface area contributed by atoms with E-state index in [4.69, 9.17) is 0 Å². The molecule has 1 N–H and O–H groups in total. The lowest BCUT2D eigenvalue weighted by molar-refractivity contribution is 0.408. The van der Waals surface area contributed by atoms with Crippen molar-refractivity contribution in [2.45, 2.75) is 25.1 Å². The van der Waals surface area contributed by atoms with Crippen molar-refractivity contribution >= 4 is 47.4 Å². The van der Waals surface area contributed by atoms with Gasteiger partial charge in [0.25, 0.3) is 0 Å². The second-order valence-electron chi connectivity index (χ2n) is 6.29. The average Bonchev–Trinajstić information content (AvgIpc) is 3.18. The summed E-state index contributed by atoms with van der Waals surface area (Å²) in [5.74, 6) is 2.22. The second kappa shape index (κ2) is 10.3. The monoisotopic (exact) mass is 472 g/mol. The summed E-state index contributed by atoms with van der Waals surface area (Å²) in [5, 5.41) is 4.26. The summed E-state index contributed by atoms with van der Waals surface area (Å²) < 4.78 is 0. The molecule has 2 aliphatic heterocycles. The quantitative estimate of drug-likeness (QED) is 0.314. The average molecular weight is 472 g/mol. The van der Waals surface area contributed by atoms with Crippen LogP contribution in [0, 0.1) is 0 Å². The summed E-state index contributed by atoms with van der Waals surface area (Å²) in [6.07, 6.45) is 5.67. The van der Waals surface area contributed by atoms with E-state index in [-0.39, 0.29) is 24.0 Å². The van der Waals surface area contributed by atoms with Crippen LogP contribution in [0.4, 0.5) is 5.69 Å². The van der Waals surface area contributed by atoms with E-state index in [1.807, 2.05) is 7.05 Å². The Kier molecular flexibility index (Phi) is 8.42. The van der Waals surface area contributed by atoms with Crippen LogP contribution in [-0.2, 0) is 6.54 Å². The lowest BCUT2D eigenvalue weighted by Crippen LogP contribution is -2.47. The van der Waals surface area contributed by atoms with E-state index in [0.717, 1.165) is 43.9 Å². The highest BCUT2D eigenvalue weighted by atomic mass is 127. The number of rotatable bonds is 4. The van der Waals surface area contributed by atoms with Gasteiger partial charge in [-0.1, -0.05) is 31.2 Å². The van der Waals surface area contributed by atoms with Gasteiger partial charge in [0, 0.05) is 56.5 Å². The molecule has 1 aromatic carbocycles. The third-order valence-corrected chi connectivity index (χ3v) is 6.05. The third-order valence-electron chi connectivity index (χ3n) is 4.68. The Morgan fingerprint density at radius 3 is 2.60 bits per heavy atom. The molecule has 2 heterocycles. The van der Waals surface area contributed by atoms with Gasteiger partial charge in [0.2, 0.25) is 0 Å². The van der Waals surface area contributed by atoms with Crippen molar-refractivity contribution < 1.29 is 0 Å². The van der Waals surface area contributed by atoms with Crippen LogP contribution in [0.5, 0.6) is 0 Å². The maximum absolute atomic E-state index is 4.48. The van der Waals surface area contributed by atoms with E-state index in [1.165, 1.54) is 23.4 Å². The van der Waals surface area contributed by atoms with Crippen LogP contribution in [0.1, 0.15) is 18.9 Å². The highest BCUT2D eigenvalue weighted by molar-refractivity contribution is 14.0. The zero-order chi connectivity index (χ0) is 16.8. The van der Waals surface area contributed by atoms with Gasteiger partial charge in [-0.2, -0.15) is 11.8 Å². The first-order valence-corrected chi connectivity index (χ1v) is 9.91. The summed E-state index contributed by atoms with van der Waals surface area (Å²) in [6.45, 7) is 7.33. The maximum Gasteiger partial charge on any atom is 0.193 e. The molecule has 0 amide bonds. The number of thioether (sulfide) groups is 1. The Hall–Kier alpha value is -0.890. The second-order valence-corrected chi connectivity index (χ2v) is 7.70. The molecule has 0 aliphatic carbocycles. The zero-order valence-electron chi connectivity index (χ0n) is 15.1. The summed E-state index contributed by atoms with van der Waals surface area (Å²) in [6, 6.07) is 8.87. The lowest BCUT2D eigenvalue weighted by Gasteiger charge is -2.34. The normalized spacial score (nSPS) is 20.6. The van der Waals surface area contributed by atoms with Crippen molar-refractivity contribution in [1.82, 2.24) is 10.2 Å². The molecule has 0 aromatic heterocycles. The molecular formula is C19H29IN4S. The molecule has 6 heteroatoms. The van der Waals surface area contributed by atoms with Crippen molar-refractivity contribution in [3.63, 3.8) is 0 Å². The number of nitrogens with zero attached hydrogens (tertiary/aromatic N) is 3. The number of hydrogen-bond acceptors (Lipinski definition) is 3. The first-order valence-electron chi connectivity index (χ1n) is 8.86. The highest BCUT2D eigenvalue weighted by Gasteiger charge is 2.21. The van der Waals surface area contributed by atoms with E-state index >= 15 is 0 Å². The number of benzene rings is 1. The molecule has 1 fully saturated rings. The SMILES string of the molecule is CCC1CN(C(=NC)NCc2ccc(N3CC=CC3)cc2)CCS1.I. The van der Waals surface area contributed by atoms with E-state index in [1.54, 1.807) is 0 Å². The van der Waals surface area contributed by atoms with E-state index in [9.17, 15) is 0 Å². The summed E-state index contributed by atoms with van der Waals surface area (Å²) in [4.78, 5) is 9.25. The topological polar surface area (TPSA) is 30.9 Å². The molecule has 0 spiro atoms. The van der Waals surface area contributed by atoms with Gasteiger partial charge in [-0.3, -0.25) is 4.99 Å². The predicted octanol–water partition coefficient (Wildman–Crippen LogP) is 3.58. The lowest BCUT2D eigenvalue weighted by atomic mass is 10.2. The minimum absolute atomic E-state index is 0. The first kappa shape index (κ1) is 20.4. The molecule has 0 saturated carbocycles. The smallest absolute Gasteiger partial charge is 0.193 e. The van der Waals surface area contributed by atoms with Gasteiger partial charge in [0.15, 0.2) is 5.96 Å². The number of anilines is 1. The molecule has 4 nitrogen and oxygen atoms in total. The minimum Gasteiger partial charge on any atom is -0.364 e. The number of guanidine groups is 1. The molecule has 25 heavy (non-hydrogen) atoms. The molecule has 138 valence electrons. The van der Waals surface area contributed by atoms with Crippen LogP contribution in [-0.4, -0.2) is 55.1 Å². The highest BCUT2D eigenvalue weighted by Crippen LogP contribution is 2.21. The molecule has 0 radical (unpaired) electrons. The number of hydrogen-bond donors (Lipinski definition) is 1. The van der Waals surface area contributed by atoms with Crippen LogP contribution in [0.3, 0.4) is 0 Å². The van der Waals surface area contributed by atoms with Crippen molar-refractivity contribution in [3.8, 4) is 0 Å². The van der Waals surface area contributed by atoms with Crippen LogP contribution in [0.2, 0.25) is 0 Å². The first-order chi connectivity index (χ1) is 11.8. The summed E-state index contributed by atoms with van der Waals surface area (Å²) in [5.41, 5.74) is 2.59. The van der Waals surface area contributed by atoms with Gasteiger partial charge in [0.1, 0.15) is 0 Å². The minimum atomic E-state index is 0. The number of aliphatic imine (C=N–C) groups is 1. The van der Waals surface area contributed by atoms with Gasteiger partial charge in [-0.15, -0.1) is 24.0 Å². The molecule has 3 rings (SSSR count). The van der Waals surface area contributed by atoms with Crippen LogP contribution >= 0.6 is 35.7 Å². The van der Waals surface area contributed by atoms with Gasteiger partial charge in [-0.05, 0) is 24.1 Å². The standard InChI is InChI=1S/C19H28N4S.HI/c1-3-18-15-23(12-13-24-18)19(20-2)21-14-16-6-8-17(9-7-16)22-10-4-5-11-22;/h4-9,18H,3,10-15H2,1-2H3,(H,20,21);1H. The fraction of sp³-hybridized carbons (Fsp3) is 0.526. The van der Waals surface area contributed by atoms with E-state index in [2.05, 4.69) is 75.2 Å². The zero-order valence-corrected chi connectivity index (χ0v) is 18.3. The Morgan fingerprint density at radius 1 is 1.24 bits per heavy atom. The van der Waals surface area contributed by atoms with Gasteiger partial charge in [-0.25, -0.2) is 0 Å². The van der Waals surface area contributed by atoms with Crippen molar-refractivity contribution in [3.05, 3.63) is 42.0 Å². The molecule has 2 aliphatic rings. The maximum atomic E-state index is 4.48. The largest absolute Gasteiger partial charge is 0.364 e. The van der Waals surface area contributed by atoms with Crippen molar-refractivity contribution in [2.75, 3.05) is 43.9 Å². The summed E-state index contributed by atoms with van der Waals surface area (Å²) in [7, 11) is 1.88. The van der Waals surface area contributed by atoms with Crippen LogP contribution in [0.15, 0.2) is 41.4 Å². The molecule has 1 atom stereocenters. The third kappa shape index (κ3) is 5.54. The van der Waals surface area contributed by atoms with E-state index < -0.39 is 0 Å². The Labute approximate surface area is 173 Å². The fourth-order valence-electron chi connectivity index (χ4n) is 3.19. The molecule has 1 unspecified atom stereocenters. The fourth-order valence-corrected chi connectivity index (χ4v) is 4.37. The van der Waals surface area contributed by atoms with Crippen LogP contribution in [0.25, 0.3) is 0 Å². The predicted molar refractivity (Wildman–Crippen MR) is 122 cm³/mol. The van der Waals surface area contributed by atoms with Gasteiger partial charge in [0.05, 0.1) is 0 Å². The molecule has 1 saturated heterocycles.